The van der Waals surface area contributed by atoms with Crippen LogP contribution in [0.4, 0.5) is 0 Å². The Balaban J connectivity index is 1.51. The molecule has 0 unspecified atom stereocenters. The lowest BCUT2D eigenvalue weighted by Gasteiger charge is -2.08. The van der Waals surface area contributed by atoms with Gasteiger partial charge in [0.1, 0.15) is 5.58 Å². The molecule has 3 aromatic heterocycles. The largest absolute Gasteiger partial charge is 0.528 e. The van der Waals surface area contributed by atoms with Crippen molar-refractivity contribution < 1.29 is 14.5 Å². The maximum atomic E-state index is 9.90. The van der Waals surface area contributed by atoms with Gasteiger partial charge in [0.25, 0.3) is 0 Å². The molecule has 3 heterocycles. The number of fused-ring (bicyclic) bond motifs is 3. The lowest BCUT2D eigenvalue weighted by Crippen LogP contribution is -2.35. The summed E-state index contributed by atoms with van der Waals surface area (Å²) in [5.74, 6) is 1.51. The maximum Gasteiger partial charge on any atom is 0.528 e. The highest BCUT2D eigenvalue weighted by Crippen LogP contribution is 2.38. The Morgan fingerprint density at radius 3 is 1.65 bits per heavy atom. The summed E-state index contributed by atoms with van der Waals surface area (Å²) >= 11 is 0. The van der Waals surface area contributed by atoms with E-state index in [-0.39, 0.29) is 11.4 Å². The number of nitrogens with zero attached hydrogens (tertiary/aromatic N) is 5. The van der Waals surface area contributed by atoms with E-state index in [0.29, 0.717) is 39.7 Å². The highest BCUT2D eigenvalue weighted by Gasteiger charge is 2.24. The number of furan rings is 1. The van der Waals surface area contributed by atoms with Crippen LogP contribution < -0.4 is 5.72 Å². The minimum Gasteiger partial charge on any atom is -0.437 e. The van der Waals surface area contributed by atoms with E-state index in [9.17, 15) is 10.0 Å². The second-order valence-electron chi connectivity index (χ2n) is 9.17. The van der Waals surface area contributed by atoms with E-state index in [1.807, 2.05) is 109 Å². The fraction of sp³-hybridized carbons (Fsp3) is 0. The van der Waals surface area contributed by atoms with Crippen molar-refractivity contribution in [2.45, 2.75) is 0 Å². The van der Waals surface area contributed by atoms with Crippen LogP contribution in [-0.4, -0.2) is 42.1 Å². The van der Waals surface area contributed by atoms with Gasteiger partial charge < -0.3 is 14.5 Å². The molecule has 4 aromatic carbocycles. The predicted molar refractivity (Wildman–Crippen MR) is 154 cm³/mol. The molecular formula is C31H20BN5O3. The molecule has 0 aliphatic heterocycles. The van der Waals surface area contributed by atoms with E-state index in [4.69, 9.17) is 19.4 Å². The molecule has 0 bridgehead atoms. The molecule has 7 aromatic rings. The van der Waals surface area contributed by atoms with Gasteiger partial charge >= 0.3 is 7.12 Å². The third-order valence-corrected chi connectivity index (χ3v) is 6.59. The van der Waals surface area contributed by atoms with Gasteiger partial charge in [-0.3, -0.25) is 0 Å². The van der Waals surface area contributed by atoms with Crippen molar-refractivity contribution in [3.8, 4) is 45.4 Å². The van der Waals surface area contributed by atoms with Gasteiger partial charge in [0.15, 0.2) is 23.2 Å². The van der Waals surface area contributed by atoms with Crippen molar-refractivity contribution in [3.05, 3.63) is 109 Å². The minimum absolute atomic E-state index is 0.148. The van der Waals surface area contributed by atoms with Crippen LogP contribution in [0.1, 0.15) is 0 Å². The molecule has 8 nitrogen and oxygen atoms in total. The number of para-hydroxylation sites is 1. The normalized spacial score (nSPS) is 11.2. The Hall–Kier alpha value is -5.25. The van der Waals surface area contributed by atoms with E-state index >= 15 is 0 Å². The monoisotopic (exact) mass is 521 g/mol. The summed E-state index contributed by atoms with van der Waals surface area (Å²) in [6, 6.07) is 34.7. The van der Waals surface area contributed by atoms with Crippen LogP contribution >= 0.6 is 0 Å². The second kappa shape index (κ2) is 9.81. The van der Waals surface area contributed by atoms with E-state index in [1.165, 1.54) is 0 Å². The maximum absolute atomic E-state index is 9.90. The first-order valence-corrected chi connectivity index (χ1v) is 12.7. The highest BCUT2D eigenvalue weighted by atomic mass is 16.4. The third kappa shape index (κ3) is 4.19. The second-order valence-corrected chi connectivity index (χ2v) is 9.17. The van der Waals surface area contributed by atoms with Crippen LogP contribution in [0.2, 0.25) is 0 Å². The number of aromatic nitrogens is 5. The van der Waals surface area contributed by atoms with Gasteiger partial charge in [0.2, 0.25) is 5.71 Å². The van der Waals surface area contributed by atoms with Crippen LogP contribution in [0.5, 0.6) is 0 Å². The zero-order valence-electron chi connectivity index (χ0n) is 21.0. The molecular weight excluding hydrogens is 501 g/mol. The quantitative estimate of drug-likeness (QED) is 0.307. The molecule has 0 fully saturated rings. The Bertz CT molecular complexity index is 1920. The Morgan fingerprint density at radius 1 is 0.525 bits per heavy atom. The topological polar surface area (TPSA) is 118 Å². The van der Waals surface area contributed by atoms with Crippen LogP contribution in [0.25, 0.3) is 67.5 Å². The van der Waals surface area contributed by atoms with E-state index in [2.05, 4.69) is 9.97 Å². The zero-order valence-corrected chi connectivity index (χ0v) is 21.0. The van der Waals surface area contributed by atoms with Gasteiger partial charge in [-0.25, -0.2) is 24.9 Å². The van der Waals surface area contributed by atoms with Crippen molar-refractivity contribution in [2.75, 3.05) is 0 Å². The number of hydrogen-bond donors (Lipinski definition) is 2. The van der Waals surface area contributed by atoms with Gasteiger partial charge in [0.05, 0.1) is 16.6 Å². The van der Waals surface area contributed by atoms with Crippen LogP contribution in [0.15, 0.2) is 114 Å². The van der Waals surface area contributed by atoms with Gasteiger partial charge in [-0.15, -0.1) is 0 Å². The first kappa shape index (κ1) is 23.8. The number of hydrogen-bond acceptors (Lipinski definition) is 8. The van der Waals surface area contributed by atoms with Crippen LogP contribution in [0.3, 0.4) is 0 Å². The van der Waals surface area contributed by atoms with Crippen molar-refractivity contribution >= 4 is 34.9 Å². The smallest absolute Gasteiger partial charge is 0.437 e. The molecule has 190 valence electrons. The van der Waals surface area contributed by atoms with Crippen LogP contribution in [-0.2, 0) is 0 Å². The number of rotatable bonds is 5. The minimum atomic E-state index is -1.86. The van der Waals surface area contributed by atoms with Gasteiger partial charge in [0, 0.05) is 22.1 Å². The number of benzene rings is 4. The highest BCUT2D eigenvalue weighted by molar-refractivity contribution is 6.56. The average molecular weight is 521 g/mol. The molecule has 0 spiro atoms. The summed E-state index contributed by atoms with van der Waals surface area (Å²) in [5, 5.41) is 21.2. The van der Waals surface area contributed by atoms with Crippen molar-refractivity contribution in [3.63, 3.8) is 0 Å². The van der Waals surface area contributed by atoms with Crippen LogP contribution in [0, 0.1) is 0 Å². The lowest BCUT2D eigenvalue weighted by atomic mass is 9.90. The molecule has 2 N–H and O–H groups in total. The van der Waals surface area contributed by atoms with Gasteiger partial charge in [-0.05, 0) is 6.07 Å². The first-order valence-electron chi connectivity index (χ1n) is 12.7. The Morgan fingerprint density at radius 2 is 1.07 bits per heavy atom. The summed E-state index contributed by atoms with van der Waals surface area (Å²) in [4.78, 5) is 23.3. The summed E-state index contributed by atoms with van der Waals surface area (Å²) in [6.45, 7) is 0. The Kier molecular flexibility index (Phi) is 5.85. The standard InChI is InChI=1S/C31H20BN5O3/c38-32(39)31-33-25(19-11-4-1-5-12-19)24-22-17-10-18-23(26(22)40-30(24)37-31)29-35-27(20-13-6-2-7-14-20)34-28(36-29)21-15-8-3-9-16-21/h1-18,38-39H. The van der Waals surface area contributed by atoms with E-state index < -0.39 is 7.12 Å². The summed E-state index contributed by atoms with van der Waals surface area (Å²) in [6.07, 6.45) is 0. The average Bonchev–Trinajstić information content (AvgIpc) is 3.40. The third-order valence-electron chi connectivity index (χ3n) is 6.59. The molecule has 40 heavy (non-hydrogen) atoms. The summed E-state index contributed by atoms with van der Waals surface area (Å²) in [7, 11) is -1.86. The molecule has 0 saturated carbocycles. The fourth-order valence-electron chi connectivity index (χ4n) is 4.74. The van der Waals surface area contributed by atoms with Crippen molar-refractivity contribution in [1.82, 2.24) is 24.9 Å². The summed E-state index contributed by atoms with van der Waals surface area (Å²) in [5.41, 5.74) is 4.30. The molecule has 0 atom stereocenters. The lowest BCUT2D eigenvalue weighted by molar-refractivity contribution is 0.422. The molecule has 9 heteroatoms. The molecule has 7 rings (SSSR count). The van der Waals surface area contributed by atoms with E-state index in [0.717, 1.165) is 22.1 Å². The first-order chi connectivity index (χ1) is 19.7. The molecule has 0 radical (unpaired) electrons. The van der Waals surface area contributed by atoms with Gasteiger partial charge in [-0.1, -0.05) is 103 Å². The summed E-state index contributed by atoms with van der Waals surface area (Å²) < 4.78 is 6.31. The Labute approximate surface area is 228 Å². The molecule has 0 amide bonds. The molecule has 0 aliphatic carbocycles. The van der Waals surface area contributed by atoms with E-state index in [1.54, 1.807) is 0 Å². The molecule has 0 saturated heterocycles. The van der Waals surface area contributed by atoms with Gasteiger partial charge in [-0.2, -0.15) is 0 Å². The zero-order chi connectivity index (χ0) is 27.1. The van der Waals surface area contributed by atoms with Crippen molar-refractivity contribution in [2.24, 2.45) is 0 Å². The van der Waals surface area contributed by atoms with Crippen molar-refractivity contribution in [1.29, 1.82) is 0 Å². The predicted octanol–water partition coefficient (Wildman–Crippen LogP) is 4.91. The fourth-order valence-corrected chi connectivity index (χ4v) is 4.74. The SMILES string of the molecule is OB(O)c1nc(-c2ccccc2)c2c(n1)oc1c(-c3nc(-c4ccccc4)nc(-c4ccccc4)n3)cccc12. The molecule has 0 aliphatic rings.